The molecule has 0 unspecified atom stereocenters. The molecular formula is C17H19ClF3N3O3. The van der Waals surface area contributed by atoms with Crippen LogP contribution in [0, 0.1) is 0 Å². The van der Waals surface area contributed by atoms with Crippen molar-refractivity contribution in [3.63, 3.8) is 0 Å². The molecule has 0 aliphatic heterocycles. The van der Waals surface area contributed by atoms with Crippen molar-refractivity contribution in [1.29, 1.82) is 0 Å². The SMILES string of the molecule is CCOc1ccc(CNC(=O)c2nn(C)c(C(F)(F)F)c2Cl)cc1OCC. The summed E-state index contributed by atoms with van der Waals surface area (Å²) in [6, 6.07) is 5.11. The first kappa shape index (κ1) is 20.9. The third-order valence-electron chi connectivity index (χ3n) is 3.53. The van der Waals surface area contributed by atoms with E-state index in [9.17, 15) is 18.0 Å². The van der Waals surface area contributed by atoms with E-state index in [1.165, 1.54) is 0 Å². The zero-order valence-electron chi connectivity index (χ0n) is 15.0. The lowest BCUT2D eigenvalue weighted by atomic mass is 10.2. The third kappa shape index (κ3) is 4.85. The lowest BCUT2D eigenvalue weighted by molar-refractivity contribution is -0.143. The van der Waals surface area contributed by atoms with Crippen LogP contribution in [-0.2, 0) is 19.8 Å². The lowest BCUT2D eigenvalue weighted by Crippen LogP contribution is -2.23. The highest BCUT2D eigenvalue weighted by Gasteiger charge is 2.39. The number of aryl methyl sites for hydroxylation is 1. The molecule has 1 heterocycles. The van der Waals surface area contributed by atoms with Crippen molar-refractivity contribution in [2.75, 3.05) is 13.2 Å². The van der Waals surface area contributed by atoms with E-state index in [1.807, 2.05) is 13.8 Å². The Bertz CT molecular complexity index is 822. The van der Waals surface area contributed by atoms with Crippen LogP contribution in [0.25, 0.3) is 0 Å². The quantitative estimate of drug-likeness (QED) is 0.760. The maximum absolute atomic E-state index is 13.0. The molecular weight excluding hydrogens is 387 g/mol. The van der Waals surface area contributed by atoms with Gasteiger partial charge in [0.05, 0.1) is 13.2 Å². The number of nitrogens with one attached hydrogen (secondary N) is 1. The van der Waals surface area contributed by atoms with Gasteiger partial charge in [0.15, 0.2) is 22.9 Å². The van der Waals surface area contributed by atoms with E-state index in [4.69, 9.17) is 21.1 Å². The van der Waals surface area contributed by atoms with Crippen LogP contribution in [0.3, 0.4) is 0 Å². The van der Waals surface area contributed by atoms with E-state index in [0.717, 1.165) is 7.05 Å². The Labute approximate surface area is 159 Å². The average molecular weight is 406 g/mol. The fraction of sp³-hybridized carbons (Fsp3) is 0.412. The maximum atomic E-state index is 13.0. The molecule has 0 saturated heterocycles. The molecule has 1 aromatic carbocycles. The van der Waals surface area contributed by atoms with Crippen molar-refractivity contribution in [3.05, 3.63) is 40.2 Å². The molecule has 0 atom stereocenters. The highest BCUT2D eigenvalue weighted by Crippen LogP contribution is 2.36. The number of rotatable bonds is 7. The average Bonchev–Trinajstić information content (AvgIpc) is 2.89. The van der Waals surface area contributed by atoms with Gasteiger partial charge in [-0.05, 0) is 31.5 Å². The Hall–Kier alpha value is -2.42. The van der Waals surface area contributed by atoms with Crippen LogP contribution in [0.15, 0.2) is 18.2 Å². The van der Waals surface area contributed by atoms with E-state index < -0.39 is 28.5 Å². The summed E-state index contributed by atoms with van der Waals surface area (Å²) in [7, 11) is 1.08. The van der Waals surface area contributed by atoms with E-state index in [0.29, 0.717) is 35.0 Å². The smallest absolute Gasteiger partial charge is 0.434 e. The topological polar surface area (TPSA) is 65.4 Å². The molecule has 0 aliphatic carbocycles. The van der Waals surface area contributed by atoms with E-state index in [1.54, 1.807) is 18.2 Å². The zero-order valence-corrected chi connectivity index (χ0v) is 15.7. The van der Waals surface area contributed by atoms with Crippen LogP contribution in [0.5, 0.6) is 11.5 Å². The van der Waals surface area contributed by atoms with Crippen molar-refractivity contribution in [3.8, 4) is 11.5 Å². The second-order valence-electron chi connectivity index (χ2n) is 5.46. The summed E-state index contributed by atoms with van der Waals surface area (Å²) in [5.74, 6) is 0.274. The first-order valence-electron chi connectivity index (χ1n) is 8.15. The minimum absolute atomic E-state index is 0.0551. The number of hydrogen-bond acceptors (Lipinski definition) is 4. The van der Waals surface area contributed by atoms with Crippen LogP contribution in [0.4, 0.5) is 13.2 Å². The molecule has 1 N–H and O–H groups in total. The van der Waals surface area contributed by atoms with Gasteiger partial charge in [0.2, 0.25) is 0 Å². The van der Waals surface area contributed by atoms with Gasteiger partial charge in [-0.15, -0.1) is 0 Å². The molecule has 0 spiro atoms. The van der Waals surface area contributed by atoms with Gasteiger partial charge in [0.1, 0.15) is 5.02 Å². The number of carbonyl (C=O) groups is 1. The van der Waals surface area contributed by atoms with Crippen molar-refractivity contribution in [1.82, 2.24) is 15.1 Å². The van der Waals surface area contributed by atoms with Gasteiger partial charge in [-0.1, -0.05) is 17.7 Å². The number of amides is 1. The minimum Gasteiger partial charge on any atom is -0.490 e. The molecule has 2 rings (SSSR count). The number of benzene rings is 1. The van der Waals surface area contributed by atoms with Crippen LogP contribution >= 0.6 is 11.6 Å². The molecule has 0 radical (unpaired) electrons. The van der Waals surface area contributed by atoms with Crippen LogP contribution in [0.1, 0.15) is 35.6 Å². The lowest BCUT2D eigenvalue weighted by Gasteiger charge is -2.12. The predicted octanol–water partition coefficient (Wildman–Crippen LogP) is 3.82. The van der Waals surface area contributed by atoms with Gasteiger partial charge in [-0.2, -0.15) is 18.3 Å². The van der Waals surface area contributed by atoms with Gasteiger partial charge in [-0.3, -0.25) is 9.48 Å². The molecule has 2 aromatic rings. The summed E-state index contributed by atoms with van der Waals surface area (Å²) in [5.41, 5.74) is -0.977. The Balaban J connectivity index is 2.15. The fourth-order valence-corrected chi connectivity index (χ4v) is 2.78. The third-order valence-corrected chi connectivity index (χ3v) is 3.89. The number of aromatic nitrogens is 2. The van der Waals surface area contributed by atoms with Gasteiger partial charge in [-0.25, -0.2) is 0 Å². The normalized spacial score (nSPS) is 11.4. The highest BCUT2D eigenvalue weighted by molar-refractivity contribution is 6.34. The summed E-state index contributed by atoms with van der Waals surface area (Å²) in [6.07, 6.45) is -4.71. The van der Waals surface area contributed by atoms with E-state index in [-0.39, 0.29) is 6.54 Å². The minimum atomic E-state index is -4.71. The molecule has 148 valence electrons. The van der Waals surface area contributed by atoms with Gasteiger partial charge in [0.25, 0.3) is 5.91 Å². The number of nitrogens with zero attached hydrogens (tertiary/aromatic N) is 2. The standard InChI is InChI=1S/C17H19ClF3N3O3/c1-4-26-11-7-6-10(8-12(11)27-5-2)9-22-16(25)14-13(18)15(17(19,20)21)24(3)23-14/h6-8H,4-5,9H2,1-3H3,(H,22,25). The summed E-state index contributed by atoms with van der Waals surface area (Å²) in [4.78, 5) is 12.2. The molecule has 10 heteroatoms. The Morgan fingerprint density at radius 1 is 1.22 bits per heavy atom. The summed E-state index contributed by atoms with van der Waals surface area (Å²) < 4.78 is 50.4. The monoisotopic (exact) mass is 405 g/mol. The highest BCUT2D eigenvalue weighted by atomic mass is 35.5. The summed E-state index contributed by atoms with van der Waals surface area (Å²) in [6.45, 7) is 4.62. The summed E-state index contributed by atoms with van der Waals surface area (Å²) >= 11 is 5.71. The molecule has 6 nitrogen and oxygen atoms in total. The Kier molecular flexibility index (Phi) is 6.59. The second-order valence-corrected chi connectivity index (χ2v) is 5.84. The largest absolute Gasteiger partial charge is 0.490 e. The molecule has 1 aromatic heterocycles. The fourth-order valence-electron chi connectivity index (χ4n) is 2.42. The first-order chi connectivity index (χ1) is 12.7. The van der Waals surface area contributed by atoms with Crippen LogP contribution in [-0.4, -0.2) is 28.9 Å². The number of carbonyl (C=O) groups excluding carboxylic acids is 1. The molecule has 1 amide bonds. The van der Waals surface area contributed by atoms with Crippen LogP contribution < -0.4 is 14.8 Å². The number of alkyl halides is 3. The molecule has 0 saturated carbocycles. The molecule has 0 aliphatic rings. The van der Waals surface area contributed by atoms with Gasteiger partial charge in [0, 0.05) is 13.6 Å². The second kappa shape index (κ2) is 8.51. The van der Waals surface area contributed by atoms with Crippen molar-refractivity contribution < 1.29 is 27.4 Å². The zero-order chi connectivity index (χ0) is 20.2. The van der Waals surface area contributed by atoms with Crippen LogP contribution in [0.2, 0.25) is 5.02 Å². The number of hydrogen-bond donors (Lipinski definition) is 1. The maximum Gasteiger partial charge on any atom is 0.434 e. The van der Waals surface area contributed by atoms with E-state index >= 15 is 0 Å². The first-order valence-corrected chi connectivity index (χ1v) is 8.53. The van der Waals surface area contributed by atoms with Crippen molar-refractivity contribution >= 4 is 17.5 Å². The predicted molar refractivity (Wildman–Crippen MR) is 93.2 cm³/mol. The van der Waals surface area contributed by atoms with Gasteiger partial charge >= 0.3 is 6.18 Å². The summed E-state index contributed by atoms with van der Waals surface area (Å²) in [5, 5.41) is 5.36. The number of halogens is 4. The number of ether oxygens (including phenoxy) is 2. The van der Waals surface area contributed by atoms with Crippen molar-refractivity contribution in [2.45, 2.75) is 26.6 Å². The Morgan fingerprint density at radius 2 is 1.85 bits per heavy atom. The Morgan fingerprint density at radius 3 is 2.41 bits per heavy atom. The van der Waals surface area contributed by atoms with Crippen molar-refractivity contribution in [2.24, 2.45) is 7.05 Å². The molecule has 0 bridgehead atoms. The molecule has 0 fully saturated rings. The van der Waals surface area contributed by atoms with E-state index in [2.05, 4.69) is 10.4 Å². The molecule has 27 heavy (non-hydrogen) atoms. The van der Waals surface area contributed by atoms with Gasteiger partial charge < -0.3 is 14.8 Å².